The van der Waals surface area contributed by atoms with Crippen LogP contribution in [0.1, 0.15) is 13.3 Å². The maximum Gasteiger partial charge on any atom is 0.191 e. The molecular formula is C21H28FN5O2. The van der Waals surface area contributed by atoms with Gasteiger partial charge < -0.3 is 25.0 Å². The zero-order valence-electron chi connectivity index (χ0n) is 17.1. The number of aromatic nitrogens is 1. The summed E-state index contributed by atoms with van der Waals surface area (Å²) in [5.74, 6) is 2.32. The minimum absolute atomic E-state index is 0.0663. The van der Waals surface area contributed by atoms with E-state index in [1.165, 1.54) is 6.07 Å². The summed E-state index contributed by atoms with van der Waals surface area (Å²) in [6, 6.07) is 10.7. The van der Waals surface area contributed by atoms with Crippen LogP contribution >= 0.6 is 0 Å². The number of benzene rings is 1. The van der Waals surface area contributed by atoms with Gasteiger partial charge in [0.1, 0.15) is 17.6 Å². The number of guanidine groups is 1. The summed E-state index contributed by atoms with van der Waals surface area (Å²) in [6.45, 7) is 3.99. The average molecular weight is 401 g/mol. The Kier molecular flexibility index (Phi) is 7.10. The van der Waals surface area contributed by atoms with Gasteiger partial charge in [0.25, 0.3) is 0 Å². The zero-order valence-corrected chi connectivity index (χ0v) is 17.1. The van der Waals surface area contributed by atoms with Crippen LogP contribution in [0.25, 0.3) is 0 Å². The number of halogens is 1. The molecule has 1 fully saturated rings. The number of methoxy groups -OCH3 is 1. The molecule has 156 valence electrons. The van der Waals surface area contributed by atoms with E-state index in [-0.39, 0.29) is 18.0 Å². The number of rotatable bonds is 7. The maximum absolute atomic E-state index is 14.0. The number of pyridine rings is 1. The lowest BCUT2D eigenvalue weighted by molar-refractivity contribution is 0.223. The fourth-order valence-electron chi connectivity index (χ4n) is 3.26. The predicted molar refractivity (Wildman–Crippen MR) is 112 cm³/mol. The van der Waals surface area contributed by atoms with Gasteiger partial charge in [-0.1, -0.05) is 6.07 Å². The van der Waals surface area contributed by atoms with Crippen molar-refractivity contribution in [3.8, 4) is 11.5 Å². The molecule has 29 heavy (non-hydrogen) atoms. The molecule has 1 aromatic carbocycles. The van der Waals surface area contributed by atoms with Gasteiger partial charge in [0.05, 0.1) is 13.7 Å². The van der Waals surface area contributed by atoms with Gasteiger partial charge in [0.15, 0.2) is 17.6 Å². The Morgan fingerprint density at radius 2 is 2.17 bits per heavy atom. The second kappa shape index (κ2) is 9.95. The first-order chi connectivity index (χ1) is 14.1. The quantitative estimate of drug-likeness (QED) is 0.549. The Hall–Kier alpha value is -3.03. The van der Waals surface area contributed by atoms with Crippen LogP contribution in [-0.2, 0) is 0 Å². The number of nitrogens with one attached hydrogen (secondary N) is 2. The third kappa shape index (κ3) is 5.73. The number of hydrogen-bond acceptors (Lipinski definition) is 5. The number of ether oxygens (including phenoxy) is 2. The fourth-order valence-corrected chi connectivity index (χ4v) is 3.26. The van der Waals surface area contributed by atoms with E-state index in [1.807, 2.05) is 36.1 Å². The van der Waals surface area contributed by atoms with E-state index >= 15 is 0 Å². The van der Waals surface area contributed by atoms with Crippen molar-refractivity contribution < 1.29 is 13.9 Å². The van der Waals surface area contributed by atoms with Gasteiger partial charge in [0.2, 0.25) is 0 Å². The molecule has 1 aliphatic heterocycles. The molecule has 0 amide bonds. The van der Waals surface area contributed by atoms with Gasteiger partial charge in [-0.15, -0.1) is 0 Å². The molecule has 1 aromatic heterocycles. The highest BCUT2D eigenvalue weighted by molar-refractivity contribution is 5.80. The van der Waals surface area contributed by atoms with Gasteiger partial charge >= 0.3 is 0 Å². The number of nitrogens with zero attached hydrogens (tertiary/aromatic N) is 3. The van der Waals surface area contributed by atoms with E-state index in [0.29, 0.717) is 24.9 Å². The number of anilines is 1. The van der Waals surface area contributed by atoms with Crippen LogP contribution in [0.4, 0.5) is 10.2 Å². The molecule has 2 heterocycles. The van der Waals surface area contributed by atoms with Gasteiger partial charge in [-0.2, -0.15) is 0 Å². The highest BCUT2D eigenvalue weighted by atomic mass is 19.1. The first kappa shape index (κ1) is 20.7. The first-order valence-corrected chi connectivity index (χ1v) is 9.72. The molecule has 8 heteroatoms. The molecule has 2 atom stereocenters. The van der Waals surface area contributed by atoms with Crippen LogP contribution in [0.2, 0.25) is 0 Å². The molecule has 1 saturated heterocycles. The highest BCUT2D eigenvalue weighted by Gasteiger charge is 2.26. The average Bonchev–Trinajstić information content (AvgIpc) is 3.19. The summed E-state index contributed by atoms with van der Waals surface area (Å²) in [5.41, 5.74) is 0. The topological polar surface area (TPSA) is 71.0 Å². The zero-order chi connectivity index (χ0) is 20.6. The standard InChI is InChI=1S/C21H28FN5O2/c1-15(29-18-7-4-6-17(12-18)28-3)13-25-21(23-2)26-16-9-11-27(14-16)20-19(22)8-5-10-24-20/h4-8,10,12,15-16H,9,11,13-14H2,1-3H3,(H2,23,25,26). The predicted octanol–water partition coefficient (Wildman–Crippen LogP) is 2.44. The molecule has 0 saturated carbocycles. The number of aliphatic imine (C=N–C) groups is 1. The molecule has 2 aromatic rings. The monoisotopic (exact) mass is 401 g/mol. The molecule has 2 N–H and O–H groups in total. The maximum atomic E-state index is 14.0. The van der Waals surface area contributed by atoms with Crippen LogP contribution in [0, 0.1) is 5.82 Å². The summed E-state index contributed by atoms with van der Waals surface area (Å²) >= 11 is 0. The van der Waals surface area contributed by atoms with Gasteiger partial charge in [0, 0.05) is 38.4 Å². The summed E-state index contributed by atoms with van der Waals surface area (Å²) in [4.78, 5) is 10.4. The van der Waals surface area contributed by atoms with Gasteiger partial charge in [-0.3, -0.25) is 4.99 Å². The third-order valence-electron chi connectivity index (χ3n) is 4.73. The van der Waals surface area contributed by atoms with Crippen molar-refractivity contribution in [3.05, 3.63) is 48.4 Å². The molecular weight excluding hydrogens is 373 g/mol. The largest absolute Gasteiger partial charge is 0.497 e. The fraction of sp³-hybridized carbons (Fsp3) is 0.429. The normalized spacial score (nSPS) is 17.7. The minimum atomic E-state index is -0.292. The van der Waals surface area contributed by atoms with Crippen molar-refractivity contribution in [3.63, 3.8) is 0 Å². The smallest absolute Gasteiger partial charge is 0.191 e. The molecule has 3 rings (SSSR count). The van der Waals surface area contributed by atoms with Crippen molar-refractivity contribution >= 4 is 11.8 Å². The van der Waals surface area contributed by atoms with Crippen molar-refractivity contribution in [1.82, 2.24) is 15.6 Å². The molecule has 0 spiro atoms. The van der Waals surface area contributed by atoms with Crippen LogP contribution in [0.15, 0.2) is 47.6 Å². The molecule has 7 nitrogen and oxygen atoms in total. The van der Waals surface area contributed by atoms with E-state index < -0.39 is 0 Å². The Balaban J connectivity index is 1.46. The van der Waals surface area contributed by atoms with Crippen molar-refractivity contribution in [2.45, 2.75) is 25.5 Å². The van der Waals surface area contributed by atoms with E-state index in [1.54, 1.807) is 26.4 Å². The van der Waals surface area contributed by atoms with Crippen LogP contribution in [0.5, 0.6) is 11.5 Å². The Bertz CT molecular complexity index is 832. The molecule has 0 aliphatic carbocycles. The SMILES string of the molecule is CN=C(NCC(C)Oc1cccc(OC)c1)NC1CCN(c2ncccc2F)C1. The summed E-state index contributed by atoms with van der Waals surface area (Å²) in [5, 5.41) is 6.68. The lowest BCUT2D eigenvalue weighted by Crippen LogP contribution is -2.47. The van der Waals surface area contributed by atoms with E-state index in [9.17, 15) is 4.39 Å². The minimum Gasteiger partial charge on any atom is -0.497 e. The van der Waals surface area contributed by atoms with Crippen LogP contribution in [0.3, 0.4) is 0 Å². The Labute approximate surface area is 170 Å². The number of hydrogen-bond donors (Lipinski definition) is 2. The second-order valence-corrected chi connectivity index (χ2v) is 6.95. The van der Waals surface area contributed by atoms with Crippen molar-refractivity contribution in [2.75, 3.05) is 38.7 Å². The first-order valence-electron chi connectivity index (χ1n) is 9.72. The van der Waals surface area contributed by atoms with Crippen LogP contribution in [-0.4, -0.2) is 56.9 Å². The Morgan fingerprint density at radius 1 is 1.34 bits per heavy atom. The van der Waals surface area contributed by atoms with Crippen molar-refractivity contribution in [1.29, 1.82) is 0 Å². The molecule has 0 bridgehead atoms. The summed E-state index contributed by atoms with van der Waals surface area (Å²) in [7, 11) is 3.36. The molecule has 1 aliphatic rings. The summed E-state index contributed by atoms with van der Waals surface area (Å²) < 4.78 is 25.1. The van der Waals surface area contributed by atoms with E-state index in [2.05, 4.69) is 20.6 Å². The molecule has 0 radical (unpaired) electrons. The van der Waals surface area contributed by atoms with Gasteiger partial charge in [-0.25, -0.2) is 9.37 Å². The lowest BCUT2D eigenvalue weighted by Gasteiger charge is -2.21. The Morgan fingerprint density at radius 3 is 2.93 bits per heavy atom. The van der Waals surface area contributed by atoms with Crippen molar-refractivity contribution in [2.24, 2.45) is 4.99 Å². The van der Waals surface area contributed by atoms with Gasteiger partial charge in [-0.05, 0) is 37.6 Å². The lowest BCUT2D eigenvalue weighted by atomic mass is 10.3. The molecule has 2 unspecified atom stereocenters. The van der Waals surface area contributed by atoms with Crippen LogP contribution < -0.4 is 25.0 Å². The summed E-state index contributed by atoms with van der Waals surface area (Å²) in [6.07, 6.45) is 2.43. The second-order valence-electron chi connectivity index (χ2n) is 6.95. The third-order valence-corrected chi connectivity index (χ3v) is 4.73. The van der Waals surface area contributed by atoms with E-state index in [0.717, 1.165) is 24.5 Å². The van der Waals surface area contributed by atoms with E-state index in [4.69, 9.17) is 9.47 Å². The highest BCUT2D eigenvalue weighted by Crippen LogP contribution is 2.21.